The monoisotopic (exact) mass is 446 g/mol. The zero-order valence-electron chi connectivity index (χ0n) is 18.5. The molecule has 1 aliphatic heterocycles. The van der Waals surface area contributed by atoms with Crippen molar-refractivity contribution in [3.05, 3.63) is 59.7 Å². The maximum atomic E-state index is 12.2. The first-order valence-electron chi connectivity index (χ1n) is 11.0. The lowest BCUT2D eigenvalue weighted by Crippen LogP contribution is -2.44. The van der Waals surface area contributed by atoms with Crippen LogP contribution in [0.25, 0.3) is 11.1 Å². The summed E-state index contributed by atoms with van der Waals surface area (Å²) in [6.07, 6.45) is 0.204. The molecular formula is C26H26N2O5. The molecule has 4 rings (SSSR count). The van der Waals surface area contributed by atoms with Gasteiger partial charge in [0.05, 0.1) is 12.0 Å². The normalized spacial score (nSPS) is 16.1. The van der Waals surface area contributed by atoms with Gasteiger partial charge in [-0.3, -0.25) is 9.59 Å². The Morgan fingerprint density at radius 2 is 1.64 bits per heavy atom. The average molecular weight is 447 g/mol. The SMILES string of the molecule is CC1(C(=O)O)CCN(C(=O)C#CCNC(=O)OCC2c3ccccc3-c3ccccc32)CC1. The van der Waals surface area contributed by atoms with Gasteiger partial charge in [0.15, 0.2) is 0 Å². The Hall–Kier alpha value is -3.79. The molecule has 0 radical (unpaired) electrons. The van der Waals surface area contributed by atoms with Gasteiger partial charge in [-0.05, 0) is 47.9 Å². The number of rotatable bonds is 4. The predicted octanol–water partition coefficient (Wildman–Crippen LogP) is 3.24. The molecule has 1 aliphatic carbocycles. The molecule has 2 amide bonds. The van der Waals surface area contributed by atoms with Crippen molar-refractivity contribution in [2.75, 3.05) is 26.2 Å². The molecule has 0 unspecified atom stereocenters. The predicted molar refractivity (Wildman–Crippen MR) is 122 cm³/mol. The van der Waals surface area contributed by atoms with Crippen molar-refractivity contribution in [2.45, 2.75) is 25.7 Å². The minimum absolute atomic E-state index is 0.0108. The van der Waals surface area contributed by atoms with Crippen molar-refractivity contribution in [1.29, 1.82) is 0 Å². The van der Waals surface area contributed by atoms with E-state index in [0.29, 0.717) is 25.9 Å². The van der Waals surface area contributed by atoms with E-state index in [1.165, 1.54) is 0 Å². The van der Waals surface area contributed by atoms with Gasteiger partial charge < -0.3 is 20.1 Å². The smallest absolute Gasteiger partial charge is 0.407 e. The van der Waals surface area contributed by atoms with Crippen LogP contribution in [0.1, 0.15) is 36.8 Å². The number of nitrogens with zero attached hydrogens (tertiary/aromatic N) is 1. The van der Waals surface area contributed by atoms with E-state index >= 15 is 0 Å². The third-order valence-electron chi connectivity index (χ3n) is 6.53. The molecule has 0 bridgehead atoms. The number of carboxylic acid groups (broad SMARTS) is 1. The second-order valence-corrected chi connectivity index (χ2v) is 8.64. The number of piperidine rings is 1. The summed E-state index contributed by atoms with van der Waals surface area (Å²) in [6.45, 7) is 2.61. The lowest BCUT2D eigenvalue weighted by molar-refractivity contribution is -0.152. The van der Waals surface area contributed by atoms with Crippen LogP contribution in [0.4, 0.5) is 4.79 Å². The summed E-state index contributed by atoms with van der Waals surface area (Å²) in [6, 6.07) is 16.2. The summed E-state index contributed by atoms with van der Waals surface area (Å²) in [5.74, 6) is 3.93. The van der Waals surface area contributed by atoms with E-state index in [1.54, 1.807) is 11.8 Å². The number of benzene rings is 2. The topological polar surface area (TPSA) is 95.9 Å². The van der Waals surface area contributed by atoms with E-state index in [0.717, 1.165) is 22.3 Å². The summed E-state index contributed by atoms with van der Waals surface area (Å²) < 4.78 is 5.44. The fourth-order valence-corrected chi connectivity index (χ4v) is 4.38. The molecule has 0 saturated carbocycles. The van der Waals surface area contributed by atoms with Gasteiger partial charge >= 0.3 is 12.1 Å². The number of hydrogen-bond donors (Lipinski definition) is 2. The number of carboxylic acids is 1. The molecule has 33 heavy (non-hydrogen) atoms. The summed E-state index contributed by atoms with van der Waals surface area (Å²) in [7, 11) is 0. The molecule has 2 aliphatic rings. The molecule has 170 valence electrons. The number of aliphatic carboxylic acids is 1. The Morgan fingerprint density at radius 3 is 2.21 bits per heavy atom. The maximum absolute atomic E-state index is 12.2. The number of hydrogen-bond acceptors (Lipinski definition) is 4. The first-order chi connectivity index (χ1) is 15.9. The number of carbonyl (C=O) groups is 3. The number of nitrogens with one attached hydrogen (secondary N) is 1. The van der Waals surface area contributed by atoms with Crippen molar-refractivity contribution in [3.63, 3.8) is 0 Å². The summed E-state index contributed by atoms with van der Waals surface area (Å²) in [5, 5.41) is 11.8. The van der Waals surface area contributed by atoms with E-state index < -0.39 is 17.5 Å². The molecule has 0 aromatic heterocycles. The van der Waals surface area contributed by atoms with Crippen molar-refractivity contribution in [1.82, 2.24) is 10.2 Å². The Bertz CT molecular complexity index is 1090. The van der Waals surface area contributed by atoms with Crippen LogP contribution in [-0.2, 0) is 14.3 Å². The van der Waals surface area contributed by atoms with Crippen molar-refractivity contribution >= 4 is 18.0 Å². The number of likely N-dealkylation sites (tertiary alicyclic amines) is 1. The maximum Gasteiger partial charge on any atom is 0.407 e. The van der Waals surface area contributed by atoms with Crippen LogP contribution in [-0.4, -0.2) is 54.2 Å². The molecule has 7 nitrogen and oxygen atoms in total. The van der Waals surface area contributed by atoms with E-state index in [1.807, 2.05) is 24.3 Å². The first-order valence-corrected chi connectivity index (χ1v) is 11.0. The molecule has 1 heterocycles. The molecule has 2 N–H and O–H groups in total. The lowest BCUT2D eigenvalue weighted by atomic mass is 9.80. The Labute approximate surface area is 192 Å². The molecule has 7 heteroatoms. The van der Waals surface area contributed by atoms with Gasteiger partial charge in [-0.15, -0.1) is 0 Å². The van der Waals surface area contributed by atoms with Gasteiger partial charge in [0.1, 0.15) is 6.61 Å². The van der Waals surface area contributed by atoms with E-state index in [9.17, 15) is 19.5 Å². The van der Waals surface area contributed by atoms with Gasteiger partial charge in [0.25, 0.3) is 5.91 Å². The summed E-state index contributed by atoms with van der Waals surface area (Å²) >= 11 is 0. The number of alkyl carbamates (subject to hydrolysis) is 1. The highest BCUT2D eigenvalue weighted by molar-refractivity contribution is 5.93. The molecule has 1 saturated heterocycles. The Balaban J connectivity index is 1.25. The molecule has 1 fully saturated rings. The third-order valence-corrected chi connectivity index (χ3v) is 6.53. The van der Waals surface area contributed by atoms with Crippen LogP contribution in [0, 0.1) is 17.3 Å². The van der Waals surface area contributed by atoms with Gasteiger partial charge in [-0.25, -0.2) is 4.79 Å². The van der Waals surface area contributed by atoms with Gasteiger partial charge in [0, 0.05) is 19.0 Å². The fraction of sp³-hybridized carbons (Fsp3) is 0.346. The minimum Gasteiger partial charge on any atom is -0.481 e. The van der Waals surface area contributed by atoms with Crippen LogP contribution in [0.2, 0.25) is 0 Å². The second-order valence-electron chi connectivity index (χ2n) is 8.64. The molecule has 2 aromatic rings. The van der Waals surface area contributed by atoms with E-state index in [2.05, 4.69) is 41.4 Å². The summed E-state index contributed by atoms with van der Waals surface area (Å²) in [5.41, 5.74) is 3.80. The zero-order valence-corrected chi connectivity index (χ0v) is 18.5. The molecular weight excluding hydrogens is 420 g/mol. The Kier molecular flexibility index (Phi) is 6.36. The van der Waals surface area contributed by atoms with E-state index in [-0.39, 0.29) is 25.0 Å². The number of fused-ring (bicyclic) bond motifs is 3. The Morgan fingerprint density at radius 1 is 1.06 bits per heavy atom. The average Bonchev–Trinajstić information content (AvgIpc) is 3.14. The number of carbonyl (C=O) groups excluding carboxylic acids is 2. The molecule has 0 spiro atoms. The third kappa shape index (κ3) is 4.70. The summed E-state index contributed by atoms with van der Waals surface area (Å²) in [4.78, 5) is 37.2. The fourth-order valence-electron chi connectivity index (χ4n) is 4.38. The molecule has 2 aromatic carbocycles. The van der Waals surface area contributed by atoms with Crippen molar-refractivity contribution < 1.29 is 24.2 Å². The molecule has 0 atom stereocenters. The van der Waals surface area contributed by atoms with Crippen LogP contribution in [0.15, 0.2) is 48.5 Å². The quantitative estimate of drug-likeness (QED) is 0.703. The van der Waals surface area contributed by atoms with Crippen LogP contribution < -0.4 is 5.32 Å². The highest BCUT2D eigenvalue weighted by Gasteiger charge is 2.37. The minimum atomic E-state index is -0.840. The number of amides is 2. The highest BCUT2D eigenvalue weighted by atomic mass is 16.5. The van der Waals surface area contributed by atoms with Gasteiger partial charge in [0.2, 0.25) is 0 Å². The van der Waals surface area contributed by atoms with Crippen LogP contribution >= 0.6 is 0 Å². The van der Waals surface area contributed by atoms with Gasteiger partial charge in [-0.1, -0.05) is 54.5 Å². The lowest BCUT2D eigenvalue weighted by Gasteiger charge is -2.35. The van der Waals surface area contributed by atoms with E-state index in [4.69, 9.17) is 4.74 Å². The largest absolute Gasteiger partial charge is 0.481 e. The van der Waals surface area contributed by atoms with Crippen LogP contribution in [0.3, 0.4) is 0 Å². The van der Waals surface area contributed by atoms with Crippen molar-refractivity contribution in [2.24, 2.45) is 5.41 Å². The number of ether oxygens (including phenoxy) is 1. The first kappa shape index (κ1) is 22.4. The van der Waals surface area contributed by atoms with Gasteiger partial charge in [-0.2, -0.15) is 0 Å². The highest BCUT2D eigenvalue weighted by Crippen LogP contribution is 2.44. The van der Waals surface area contributed by atoms with Crippen molar-refractivity contribution in [3.8, 4) is 23.0 Å². The van der Waals surface area contributed by atoms with Crippen LogP contribution in [0.5, 0.6) is 0 Å². The zero-order chi connectivity index (χ0) is 23.4. The standard InChI is InChI=1S/C26H26N2O5/c1-26(24(30)31)12-15-28(16-13-26)23(29)11-6-14-27-25(32)33-17-22-20-9-4-2-7-18(20)19-8-3-5-10-21(19)22/h2-5,7-10,22H,12-17H2,1H3,(H,27,32)(H,30,31). The second kappa shape index (κ2) is 9.37.